The van der Waals surface area contributed by atoms with Gasteiger partial charge in [-0.3, -0.25) is 4.99 Å². The third-order valence-corrected chi connectivity index (χ3v) is 5.28. The second-order valence-electron chi connectivity index (χ2n) is 7.44. The van der Waals surface area contributed by atoms with Crippen molar-refractivity contribution >= 4 is 11.6 Å². The van der Waals surface area contributed by atoms with Gasteiger partial charge in [-0.05, 0) is 57.7 Å². The molecule has 1 unspecified atom stereocenters. The Morgan fingerprint density at radius 3 is 2.89 bits per heavy atom. The van der Waals surface area contributed by atoms with Gasteiger partial charge in [-0.15, -0.1) is 0 Å². The van der Waals surface area contributed by atoms with Crippen molar-refractivity contribution in [2.24, 2.45) is 4.99 Å². The molecular formula is C21H30FN5O. The van der Waals surface area contributed by atoms with E-state index >= 15 is 0 Å². The van der Waals surface area contributed by atoms with Crippen LogP contribution in [0.15, 0.2) is 27.7 Å². The Hall–Kier alpha value is -2.57. The summed E-state index contributed by atoms with van der Waals surface area (Å²) in [5.74, 6) is 1.47. The molecule has 0 radical (unpaired) electrons. The average molecular weight is 388 g/mol. The van der Waals surface area contributed by atoms with Gasteiger partial charge in [-0.25, -0.2) is 4.39 Å². The molecular weight excluding hydrogens is 357 g/mol. The molecule has 0 saturated carbocycles. The molecule has 152 valence electrons. The molecule has 1 aromatic heterocycles. The zero-order valence-corrected chi connectivity index (χ0v) is 17.2. The molecule has 2 heterocycles. The number of hydrogen-bond donors (Lipinski definition) is 2. The van der Waals surface area contributed by atoms with Crippen LogP contribution in [0.3, 0.4) is 0 Å². The number of halogens is 1. The van der Waals surface area contributed by atoms with Crippen molar-refractivity contribution in [3.8, 4) is 0 Å². The number of piperidine rings is 1. The van der Waals surface area contributed by atoms with Gasteiger partial charge >= 0.3 is 0 Å². The molecule has 6 nitrogen and oxygen atoms in total. The number of aliphatic imine (C=N–C) groups is 1. The number of rotatable bonds is 5. The first-order valence-corrected chi connectivity index (χ1v) is 9.88. The van der Waals surface area contributed by atoms with Crippen LogP contribution in [0.25, 0.3) is 0 Å². The summed E-state index contributed by atoms with van der Waals surface area (Å²) in [5, 5.41) is 10.8. The summed E-state index contributed by atoms with van der Waals surface area (Å²) < 4.78 is 19.5. The molecule has 3 rings (SSSR count). The first kappa shape index (κ1) is 20.2. The van der Waals surface area contributed by atoms with Crippen molar-refractivity contribution in [1.82, 2.24) is 15.8 Å². The fraction of sp³-hybridized carbons (Fsp3) is 0.524. The third kappa shape index (κ3) is 4.82. The van der Waals surface area contributed by atoms with Crippen molar-refractivity contribution in [3.05, 3.63) is 46.6 Å². The predicted octanol–water partition coefficient (Wildman–Crippen LogP) is 3.12. The van der Waals surface area contributed by atoms with E-state index in [0.717, 1.165) is 67.4 Å². The summed E-state index contributed by atoms with van der Waals surface area (Å²) in [7, 11) is 1.77. The minimum Gasteiger partial charge on any atom is -0.367 e. The van der Waals surface area contributed by atoms with Gasteiger partial charge in [0, 0.05) is 38.3 Å². The lowest BCUT2D eigenvalue weighted by Crippen LogP contribution is -2.51. The maximum absolute atomic E-state index is 14.3. The lowest BCUT2D eigenvalue weighted by Gasteiger charge is -2.35. The number of benzene rings is 1. The molecule has 1 fully saturated rings. The van der Waals surface area contributed by atoms with E-state index in [9.17, 15) is 4.39 Å². The fourth-order valence-corrected chi connectivity index (χ4v) is 3.73. The van der Waals surface area contributed by atoms with Crippen LogP contribution < -0.4 is 15.5 Å². The monoisotopic (exact) mass is 387 g/mol. The summed E-state index contributed by atoms with van der Waals surface area (Å²) in [6.07, 6.45) is 2.88. The lowest BCUT2D eigenvalue weighted by atomic mass is 10.0. The number of aryl methyl sites for hydroxylation is 3. The van der Waals surface area contributed by atoms with E-state index in [0.29, 0.717) is 5.69 Å². The normalized spacial score (nSPS) is 17.7. The smallest absolute Gasteiger partial charge is 0.191 e. The summed E-state index contributed by atoms with van der Waals surface area (Å²) in [6, 6.07) is 5.51. The molecule has 2 aromatic rings. The minimum absolute atomic E-state index is 0.159. The summed E-state index contributed by atoms with van der Waals surface area (Å²) in [4.78, 5) is 6.46. The van der Waals surface area contributed by atoms with Gasteiger partial charge in [0.25, 0.3) is 0 Å². The molecule has 0 spiro atoms. The molecule has 7 heteroatoms. The van der Waals surface area contributed by atoms with Crippen LogP contribution in [0.2, 0.25) is 0 Å². The number of guanidine groups is 1. The minimum atomic E-state index is -0.159. The van der Waals surface area contributed by atoms with Crippen LogP contribution in [-0.4, -0.2) is 43.8 Å². The second-order valence-corrected chi connectivity index (χ2v) is 7.44. The Labute approximate surface area is 166 Å². The quantitative estimate of drug-likeness (QED) is 0.610. The highest BCUT2D eigenvalue weighted by Crippen LogP contribution is 2.24. The number of hydrogen-bond acceptors (Lipinski definition) is 4. The zero-order chi connectivity index (χ0) is 20.1. The van der Waals surface area contributed by atoms with E-state index in [1.54, 1.807) is 13.1 Å². The fourth-order valence-electron chi connectivity index (χ4n) is 3.73. The molecule has 1 aliphatic heterocycles. The van der Waals surface area contributed by atoms with Gasteiger partial charge in [0.2, 0.25) is 0 Å². The maximum Gasteiger partial charge on any atom is 0.191 e. The predicted molar refractivity (Wildman–Crippen MR) is 111 cm³/mol. The van der Waals surface area contributed by atoms with Crippen molar-refractivity contribution in [2.75, 3.05) is 31.6 Å². The van der Waals surface area contributed by atoms with Crippen molar-refractivity contribution in [3.63, 3.8) is 0 Å². The van der Waals surface area contributed by atoms with Crippen molar-refractivity contribution in [1.29, 1.82) is 0 Å². The third-order valence-electron chi connectivity index (χ3n) is 5.28. The number of aromatic nitrogens is 1. The van der Waals surface area contributed by atoms with E-state index in [-0.39, 0.29) is 11.9 Å². The number of nitrogens with one attached hydrogen (secondary N) is 2. The molecule has 1 aliphatic rings. The molecule has 0 aliphatic carbocycles. The van der Waals surface area contributed by atoms with Gasteiger partial charge in [-0.2, -0.15) is 0 Å². The van der Waals surface area contributed by atoms with Gasteiger partial charge < -0.3 is 20.1 Å². The van der Waals surface area contributed by atoms with Crippen LogP contribution in [0, 0.1) is 26.6 Å². The van der Waals surface area contributed by atoms with E-state index < -0.39 is 0 Å². The standard InChI is InChI=1S/C21H30FN5O/c1-14-7-8-19(22)20(12-14)27-11-5-6-17(13-27)25-21(23-4)24-10-9-18-15(2)26-28-16(18)3/h7-8,12,17H,5-6,9-11,13H2,1-4H3,(H2,23,24,25). The van der Waals surface area contributed by atoms with Crippen LogP contribution in [-0.2, 0) is 6.42 Å². The SMILES string of the molecule is CN=C(NCCc1c(C)noc1C)NC1CCCN(c2cc(C)ccc2F)C1. The Morgan fingerprint density at radius 2 is 2.18 bits per heavy atom. The first-order chi connectivity index (χ1) is 13.5. The number of nitrogens with zero attached hydrogens (tertiary/aromatic N) is 3. The van der Waals surface area contributed by atoms with Crippen LogP contribution in [0.5, 0.6) is 0 Å². The molecule has 0 amide bonds. The molecule has 1 saturated heterocycles. The topological polar surface area (TPSA) is 65.7 Å². The average Bonchev–Trinajstić information content (AvgIpc) is 3.01. The molecule has 28 heavy (non-hydrogen) atoms. The van der Waals surface area contributed by atoms with E-state index in [4.69, 9.17) is 4.52 Å². The summed E-state index contributed by atoms with van der Waals surface area (Å²) in [6.45, 7) is 8.25. The lowest BCUT2D eigenvalue weighted by molar-refractivity contribution is 0.392. The largest absolute Gasteiger partial charge is 0.367 e. The van der Waals surface area contributed by atoms with Crippen molar-refractivity contribution in [2.45, 2.75) is 46.1 Å². The molecule has 2 N–H and O–H groups in total. The van der Waals surface area contributed by atoms with Gasteiger partial charge in [0.1, 0.15) is 11.6 Å². The van der Waals surface area contributed by atoms with Gasteiger partial charge in [0.05, 0.1) is 11.4 Å². The van der Waals surface area contributed by atoms with Crippen LogP contribution in [0.1, 0.15) is 35.4 Å². The maximum atomic E-state index is 14.3. The molecule has 1 aromatic carbocycles. The Balaban J connectivity index is 1.55. The van der Waals surface area contributed by atoms with E-state index in [1.807, 2.05) is 32.9 Å². The van der Waals surface area contributed by atoms with Gasteiger partial charge in [-0.1, -0.05) is 11.2 Å². The highest BCUT2D eigenvalue weighted by Gasteiger charge is 2.23. The molecule has 1 atom stereocenters. The highest BCUT2D eigenvalue weighted by molar-refractivity contribution is 5.80. The Morgan fingerprint density at radius 1 is 1.36 bits per heavy atom. The Bertz CT molecular complexity index is 813. The first-order valence-electron chi connectivity index (χ1n) is 9.88. The zero-order valence-electron chi connectivity index (χ0n) is 17.2. The van der Waals surface area contributed by atoms with Crippen LogP contribution >= 0.6 is 0 Å². The van der Waals surface area contributed by atoms with Crippen molar-refractivity contribution < 1.29 is 8.91 Å². The molecule has 0 bridgehead atoms. The van der Waals surface area contributed by atoms with Crippen LogP contribution in [0.4, 0.5) is 10.1 Å². The summed E-state index contributed by atoms with van der Waals surface area (Å²) >= 11 is 0. The number of anilines is 1. The second kappa shape index (κ2) is 9.08. The van der Waals surface area contributed by atoms with E-state index in [2.05, 4.69) is 25.7 Å². The summed E-state index contributed by atoms with van der Waals surface area (Å²) in [5.41, 5.74) is 3.84. The Kier molecular flexibility index (Phi) is 6.54. The highest BCUT2D eigenvalue weighted by atomic mass is 19.1. The van der Waals surface area contributed by atoms with Gasteiger partial charge in [0.15, 0.2) is 5.96 Å². The van der Waals surface area contributed by atoms with E-state index in [1.165, 1.54) is 0 Å².